The van der Waals surface area contributed by atoms with Crippen molar-refractivity contribution in [2.75, 3.05) is 6.54 Å². The fraction of sp³-hybridized carbons (Fsp3) is 0.462. The summed E-state index contributed by atoms with van der Waals surface area (Å²) in [7, 11) is 0. The van der Waals surface area contributed by atoms with Crippen LogP contribution in [0.25, 0.3) is 0 Å². The summed E-state index contributed by atoms with van der Waals surface area (Å²) in [6.45, 7) is 8.17. The molecular formula is C13H20N2O. The van der Waals surface area contributed by atoms with Gasteiger partial charge in [0.05, 0.1) is 0 Å². The van der Waals surface area contributed by atoms with Crippen molar-refractivity contribution in [1.29, 1.82) is 0 Å². The molecule has 1 atom stereocenters. The molecule has 3 nitrogen and oxygen atoms in total. The summed E-state index contributed by atoms with van der Waals surface area (Å²) >= 11 is 0. The normalized spacial score (nSPS) is 19.8. The molecular weight excluding hydrogens is 200 g/mol. The van der Waals surface area contributed by atoms with E-state index in [2.05, 4.69) is 13.5 Å². The molecule has 0 saturated carbocycles. The zero-order valence-electron chi connectivity index (χ0n) is 10.1. The predicted molar refractivity (Wildman–Crippen MR) is 66.6 cm³/mol. The Morgan fingerprint density at radius 2 is 2.44 bits per heavy atom. The van der Waals surface area contributed by atoms with Gasteiger partial charge in [0, 0.05) is 25.2 Å². The Balaban J connectivity index is 3.02. The van der Waals surface area contributed by atoms with Crippen LogP contribution in [0, 0.1) is 0 Å². The average Bonchev–Trinajstić information content (AvgIpc) is 2.26. The molecule has 0 fully saturated rings. The number of carbonyl (C=O) groups excluding carboxylic acids is 1. The lowest BCUT2D eigenvalue weighted by molar-refractivity contribution is -0.126. The van der Waals surface area contributed by atoms with E-state index in [-0.39, 0.29) is 11.9 Å². The molecule has 1 aliphatic carbocycles. The monoisotopic (exact) mass is 220 g/mol. The molecule has 1 aliphatic rings. The van der Waals surface area contributed by atoms with E-state index in [0.29, 0.717) is 0 Å². The van der Waals surface area contributed by atoms with Crippen molar-refractivity contribution >= 4 is 5.91 Å². The number of allylic oxidation sites excluding steroid dienone is 2. The minimum Gasteiger partial charge on any atom is -0.324 e. The molecule has 0 aromatic heterocycles. The molecule has 3 heteroatoms. The van der Waals surface area contributed by atoms with E-state index in [4.69, 9.17) is 5.73 Å². The molecule has 16 heavy (non-hydrogen) atoms. The maximum absolute atomic E-state index is 11.6. The lowest BCUT2D eigenvalue weighted by Crippen LogP contribution is -2.32. The number of hydrogen-bond donors (Lipinski definition) is 1. The van der Waals surface area contributed by atoms with Gasteiger partial charge in [-0.25, -0.2) is 0 Å². The number of carbonyl (C=O) groups is 1. The molecule has 0 aromatic rings. The Morgan fingerprint density at radius 3 is 2.94 bits per heavy atom. The molecule has 0 bridgehead atoms. The minimum absolute atomic E-state index is 0.0344. The summed E-state index contributed by atoms with van der Waals surface area (Å²) in [6.07, 6.45) is 7.36. The van der Waals surface area contributed by atoms with Crippen LogP contribution in [-0.2, 0) is 4.79 Å². The van der Waals surface area contributed by atoms with Crippen LogP contribution in [0.2, 0.25) is 0 Å². The first-order chi connectivity index (χ1) is 7.60. The lowest BCUT2D eigenvalue weighted by Gasteiger charge is -2.27. The molecule has 88 valence electrons. The van der Waals surface area contributed by atoms with Crippen LogP contribution in [0.3, 0.4) is 0 Å². The highest BCUT2D eigenvalue weighted by Gasteiger charge is 2.18. The second-order valence-corrected chi connectivity index (χ2v) is 4.01. The van der Waals surface area contributed by atoms with Crippen molar-refractivity contribution < 1.29 is 4.79 Å². The predicted octanol–water partition coefficient (Wildman–Crippen LogP) is 1.97. The van der Waals surface area contributed by atoms with Crippen LogP contribution in [0.1, 0.15) is 26.7 Å². The highest BCUT2D eigenvalue weighted by Crippen LogP contribution is 2.22. The van der Waals surface area contributed by atoms with Gasteiger partial charge in [0.1, 0.15) is 0 Å². The van der Waals surface area contributed by atoms with Gasteiger partial charge in [-0.15, -0.1) is 0 Å². The molecule has 2 N–H and O–H groups in total. The molecule has 0 aliphatic heterocycles. The van der Waals surface area contributed by atoms with Crippen LogP contribution < -0.4 is 5.73 Å². The van der Waals surface area contributed by atoms with Crippen LogP contribution in [-0.4, -0.2) is 23.4 Å². The first kappa shape index (κ1) is 12.7. The van der Waals surface area contributed by atoms with E-state index in [1.165, 1.54) is 0 Å². The molecule has 0 radical (unpaired) electrons. The largest absolute Gasteiger partial charge is 0.324 e. The number of nitrogens with zero attached hydrogens (tertiary/aromatic N) is 1. The van der Waals surface area contributed by atoms with Crippen LogP contribution in [0.4, 0.5) is 0 Å². The molecule has 0 spiro atoms. The number of rotatable bonds is 4. The molecule has 1 unspecified atom stereocenters. The highest BCUT2D eigenvalue weighted by molar-refractivity contribution is 5.76. The van der Waals surface area contributed by atoms with Crippen LogP contribution >= 0.6 is 0 Å². The van der Waals surface area contributed by atoms with E-state index in [9.17, 15) is 4.79 Å². The standard InChI is InChI=1S/C13H20N2O/c1-4-8-15(10(3)16)13-7-6-12(14)9-11(13)5-2/h5-7,12H,2,4,8-9,14H2,1,3H3. The van der Waals surface area contributed by atoms with E-state index >= 15 is 0 Å². The van der Waals surface area contributed by atoms with Gasteiger partial charge in [-0.2, -0.15) is 0 Å². The van der Waals surface area contributed by atoms with Gasteiger partial charge in [-0.3, -0.25) is 4.79 Å². The van der Waals surface area contributed by atoms with Crippen molar-refractivity contribution in [2.45, 2.75) is 32.7 Å². The SMILES string of the molecule is C=CC1=C(N(CCC)C(C)=O)C=CC(N)C1. The third-order valence-electron chi connectivity index (χ3n) is 2.65. The maximum atomic E-state index is 11.6. The van der Waals surface area contributed by atoms with Gasteiger partial charge >= 0.3 is 0 Å². The fourth-order valence-electron chi connectivity index (χ4n) is 1.87. The van der Waals surface area contributed by atoms with Crippen molar-refractivity contribution in [3.63, 3.8) is 0 Å². The highest BCUT2D eigenvalue weighted by atomic mass is 16.2. The summed E-state index contributed by atoms with van der Waals surface area (Å²) in [5.41, 5.74) is 7.85. The van der Waals surface area contributed by atoms with Gasteiger partial charge in [-0.1, -0.05) is 25.7 Å². The summed E-state index contributed by atoms with van der Waals surface area (Å²) in [5, 5.41) is 0. The minimum atomic E-state index is 0.0344. The van der Waals surface area contributed by atoms with Gasteiger partial charge in [-0.05, 0) is 24.5 Å². The molecule has 1 amide bonds. The van der Waals surface area contributed by atoms with Gasteiger partial charge in [0.15, 0.2) is 0 Å². The Bertz CT molecular complexity index is 342. The van der Waals surface area contributed by atoms with E-state index in [1.54, 1.807) is 17.9 Å². The third-order valence-corrected chi connectivity index (χ3v) is 2.65. The zero-order chi connectivity index (χ0) is 12.1. The second kappa shape index (κ2) is 5.66. The van der Waals surface area contributed by atoms with E-state index < -0.39 is 0 Å². The Kier molecular flexibility index (Phi) is 4.50. The number of nitrogens with two attached hydrogens (primary N) is 1. The van der Waals surface area contributed by atoms with E-state index in [1.807, 2.05) is 12.2 Å². The lowest BCUT2D eigenvalue weighted by atomic mass is 9.97. The smallest absolute Gasteiger partial charge is 0.223 e. The number of amides is 1. The Labute approximate surface area is 97.3 Å². The van der Waals surface area contributed by atoms with E-state index in [0.717, 1.165) is 30.7 Å². The van der Waals surface area contributed by atoms with Gasteiger partial charge in [0.25, 0.3) is 0 Å². The van der Waals surface area contributed by atoms with Crippen LogP contribution in [0.5, 0.6) is 0 Å². The van der Waals surface area contributed by atoms with Gasteiger partial charge < -0.3 is 10.6 Å². The first-order valence-corrected chi connectivity index (χ1v) is 5.67. The fourth-order valence-corrected chi connectivity index (χ4v) is 1.87. The Morgan fingerprint density at radius 1 is 1.75 bits per heavy atom. The average molecular weight is 220 g/mol. The molecule has 0 aromatic carbocycles. The first-order valence-electron chi connectivity index (χ1n) is 5.67. The maximum Gasteiger partial charge on any atom is 0.223 e. The summed E-state index contributed by atoms with van der Waals surface area (Å²) < 4.78 is 0. The molecule has 0 saturated heterocycles. The molecule has 1 rings (SSSR count). The van der Waals surface area contributed by atoms with Crippen molar-refractivity contribution in [1.82, 2.24) is 4.90 Å². The Hall–Kier alpha value is -1.35. The third kappa shape index (κ3) is 2.83. The number of hydrogen-bond acceptors (Lipinski definition) is 2. The molecule has 0 heterocycles. The quantitative estimate of drug-likeness (QED) is 0.787. The van der Waals surface area contributed by atoms with Crippen LogP contribution in [0.15, 0.2) is 36.1 Å². The summed E-state index contributed by atoms with van der Waals surface area (Å²) in [6, 6.07) is 0.0344. The summed E-state index contributed by atoms with van der Waals surface area (Å²) in [4.78, 5) is 13.4. The van der Waals surface area contributed by atoms with Gasteiger partial charge in [0.2, 0.25) is 5.91 Å². The van der Waals surface area contributed by atoms with Crippen molar-refractivity contribution in [2.24, 2.45) is 5.73 Å². The zero-order valence-corrected chi connectivity index (χ0v) is 10.1. The second-order valence-electron chi connectivity index (χ2n) is 4.01. The topological polar surface area (TPSA) is 46.3 Å². The summed E-state index contributed by atoms with van der Waals surface area (Å²) in [5.74, 6) is 0.0660. The van der Waals surface area contributed by atoms with Crippen molar-refractivity contribution in [3.05, 3.63) is 36.1 Å². The van der Waals surface area contributed by atoms with Crippen molar-refractivity contribution in [3.8, 4) is 0 Å².